The first-order valence-electron chi connectivity index (χ1n) is 10.6. The molecule has 0 radical (unpaired) electrons. The Labute approximate surface area is 205 Å². The molecule has 0 aliphatic carbocycles. The van der Waals surface area contributed by atoms with E-state index in [1.54, 1.807) is 45.0 Å². The van der Waals surface area contributed by atoms with Crippen LogP contribution in [0.4, 0.5) is 4.79 Å². The summed E-state index contributed by atoms with van der Waals surface area (Å²) in [6, 6.07) is 4.57. The monoisotopic (exact) mass is 491 g/mol. The number of thioether (sulfide) groups is 1. The van der Waals surface area contributed by atoms with Gasteiger partial charge in [-0.15, -0.1) is 6.42 Å². The van der Waals surface area contributed by atoms with Crippen molar-refractivity contribution in [3.8, 4) is 12.3 Å². The zero-order valence-corrected chi connectivity index (χ0v) is 21.3. The van der Waals surface area contributed by atoms with Crippen LogP contribution in [0.3, 0.4) is 0 Å². The van der Waals surface area contributed by atoms with Crippen molar-refractivity contribution in [3.63, 3.8) is 0 Å². The quantitative estimate of drug-likeness (QED) is 0.381. The molecule has 0 bridgehead atoms. The standard InChI is InChI=1S/C24H33N3O6S/c1-8-16-9-11-17(12-10-16)20(21(29)25-15-19(28)32-6)27(5)22(30)18(13-14-34-7)26-23(31)33-24(2,3)4/h1,9-12,18,20H,13-15H2,2-7H3,(H,25,29)(H,26,31). The molecule has 0 heterocycles. The number of carbonyl (C=O) groups excluding carboxylic acids is 4. The highest BCUT2D eigenvalue weighted by Gasteiger charge is 2.34. The number of hydrogen-bond donors (Lipinski definition) is 2. The Morgan fingerprint density at radius 2 is 1.79 bits per heavy atom. The van der Waals surface area contributed by atoms with Crippen molar-refractivity contribution >= 4 is 35.6 Å². The molecular formula is C24H33N3O6S. The molecule has 34 heavy (non-hydrogen) atoms. The third-order valence-corrected chi connectivity index (χ3v) is 5.25. The van der Waals surface area contributed by atoms with Crippen LogP contribution < -0.4 is 10.6 Å². The molecule has 3 amide bonds. The second kappa shape index (κ2) is 13.5. The van der Waals surface area contributed by atoms with E-state index in [-0.39, 0.29) is 6.54 Å². The van der Waals surface area contributed by atoms with Crippen LogP contribution in [0.5, 0.6) is 0 Å². The van der Waals surface area contributed by atoms with Gasteiger partial charge in [0.15, 0.2) is 0 Å². The fourth-order valence-electron chi connectivity index (χ4n) is 2.96. The fraction of sp³-hybridized carbons (Fsp3) is 0.500. The number of amides is 3. The summed E-state index contributed by atoms with van der Waals surface area (Å²) in [4.78, 5) is 51.6. The SMILES string of the molecule is C#Cc1ccc(C(C(=O)NCC(=O)OC)N(C)C(=O)C(CCSC)NC(=O)OC(C)(C)C)cc1. The molecule has 0 aliphatic rings. The molecule has 0 aromatic heterocycles. The van der Waals surface area contributed by atoms with Gasteiger partial charge < -0.3 is 25.0 Å². The summed E-state index contributed by atoms with van der Waals surface area (Å²) >= 11 is 1.52. The van der Waals surface area contributed by atoms with E-state index in [2.05, 4.69) is 21.3 Å². The maximum atomic E-state index is 13.4. The van der Waals surface area contributed by atoms with E-state index in [0.29, 0.717) is 23.3 Å². The highest BCUT2D eigenvalue weighted by Crippen LogP contribution is 2.22. The molecule has 2 atom stereocenters. The highest BCUT2D eigenvalue weighted by molar-refractivity contribution is 7.98. The number of likely N-dealkylation sites (N-methyl/N-ethyl adjacent to an activating group) is 1. The van der Waals surface area contributed by atoms with Gasteiger partial charge in [0, 0.05) is 12.6 Å². The maximum Gasteiger partial charge on any atom is 0.408 e. The van der Waals surface area contributed by atoms with Crippen molar-refractivity contribution in [2.45, 2.75) is 44.9 Å². The van der Waals surface area contributed by atoms with E-state index >= 15 is 0 Å². The molecule has 9 nitrogen and oxygen atoms in total. The van der Waals surface area contributed by atoms with Crippen LogP contribution in [0.15, 0.2) is 24.3 Å². The van der Waals surface area contributed by atoms with Gasteiger partial charge >= 0.3 is 12.1 Å². The van der Waals surface area contributed by atoms with Gasteiger partial charge in [0.05, 0.1) is 7.11 Å². The molecule has 2 unspecified atom stereocenters. The molecule has 10 heteroatoms. The first-order chi connectivity index (χ1) is 15.9. The summed E-state index contributed by atoms with van der Waals surface area (Å²) in [5.41, 5.74) is 0.354. The minimum Gasteiger partial charge on any atom is -0.468 e. The molecule has 1 aromatic rings. The number of benzene rings is 1. The number of carbonyl (C=O) groups is 4. The molecule has 0 aliphatic heterocycles. The molecule has 1 aromatic carbocycles. The van der Waals surface area contributed by atoms with Crippen LogP contribution in [0.25, 0.3) is 0 Å². The van der Waals surface area contributed by atoms with Gasteiger partial charge in [-0.1, -0.05) is 18.1 Å². The summed E-state index contributed by atoms with van der Waals surface area (Å²) < 4.78 is 9.87. The number of methoxy groups -OCH3 is 1. The van der Waals surface area contributed by atoms with Gasteiger partial charge in [-0.25, -0.2) is 4.79 Å². The highest BCUT2D eigenvalue weighted by atomic mass is 32.2. The predicted octanol–water partition coefficient (Wildman–Crippen LogP) is 2.10. The smallest absolute Gasteiger partial charge is 0.408 e. The topological polar surface area (TPSA) is 114 Å². The largest absolute Gasteiger partial charge is 0.468 e. The Bertz CT molecular complexity index is 905. The van der Waals surface area contributed by atoms with Crippen LogP contribution in [-0.4, -0.2) is 73.1 Å². The van der Waals surface area contributed by atoms with E-state index in [0.717, 1.165) is 0 Å². The van der Waals surface area contributed by atoms with Gasteiger partial charge in [-0.05, 0) is 56.9 Å². The predicted molar refractivity (Wildman–Crippen MR) is 131 cm³/mol. The van der Waals surface area contributed by atoms with Crippen LogP contribution in [-0.2, 0) is 23.9 Å². The van der Waals surface area contributed by atoms with Gasteiger partial charge in [0.1, 0.15) is 24.2 Å². The van der Waals surface area contributed by atoms with Gasteiger partial charge in [-0.3, -0.25) is 14.4 Å². The number of esters is 1. The van der Waals surface area contributed by atoms with Crippen LogP contribution in [0, 0.1) is 12.3 Å². The van der Waals surface area contributed by atoms with E-state index in [9.17, 15) is 19.2 Å². The molecular weight excluding hydrogens is 458 g/mol. The summed E-state index contributed by atoms with van der Waals surface area (Å²) in [5, 5.41) is 5.10. The molecule has 2 N–H and O–H groups in total. The number of terminal acetylenes is 1. The number of nitrogens with zero attached hydrogens (tertiary/aromatic N) is 1. The average Bonchev–Trinajstić information content (AvgIpc) is 2.78. The summed E-state index contributed by atoms with van der Waals surface area (Å²) in [7, 11) is 2.67. The Kier molecular flexibility index (Phi) is 11.5. The molecule has 0 spiro atoms. The number of nitrogens with one attached hydrogen (secondary N) is 2. The number of hydrogen-bond acceptors (Lipinski definition) is 7. The van der Waals surface area contributed by atoms with Gasteiger partial charge in [0.25, 0.3) is 0 Å². The lowest BCUT2D eigenvalue weighted by molar-refractivity contribution is -0.143. The van der Waals surface area contributed by atoms with Crippen molar-refractivity contribution in [2.75, 3.05) is 32.7 Å². The molecule has 186 valence electrons. The zero-order valence-electron chi connectivity index (χ0n) is 20.5. The van der Waals surface area contributed by atoms with E-state index in [1.165, 1.54) is 30.8 Å². The lowest BCUT2D eigenvalue weighted by Crippen LogP contribution is -2.52. The number of rotatable bonds is 10. The van der Waals surface area contributed by atoms with Crippen LogP contribution in [0.2, 0.25) is 0 Å². The first kappa shape index (κ1) is 28.8. The third-order valence-electron chi connectivity index (χ3n) is 4.61. The minimum absolute atomic E-state index is 0.329. The van der Waals surface area contributed by atoms with Crippen LogP contribution in [0.1, 0.15) is 44.4 Å². The van der Waals surface area contributed by atoms with E-state index in [4.69, 9.17) is 11.2 Å². The fourth-order valence-corrected chi connectivity index (χ4v) is 3.43. The maximum absolute atomic E-state index is 13.4. The molecule has 1 rings (SSSR count). The van der Waals surface area contributed by atoms with Crippen molar-refractivity contribution in [1.29, 1.82) is 0 Å². The summed E-state index contributed by atoms with van der Waals surface area (Å²) in [5.74, 6) is 1.39. The summed E-state index contributed by atoms with van der Waals surface area (Å²) in [6.07, 6.45) is 6.90. The zero-order chi connectivity index (χ0) is 25.9. The lowest BCUT2D eigenvalue weighted by Gasteiger charge is -2.31. The molecule has 0 saturated heterocycles. The van der Waals surface area contributed by atoms with Gasteiger partial charge in [-0.2, -0.15) is 11.8 Å². The van der Waals surface area contributed by atoms with Crippen molar-refractivity contribution in [2.24, 2.45) is 0 Å². The third kappa shape index (κ3) is 9.35. The second-order valence-corrected chi connectivity index (χ2v) is 9.38. The normalized spacial score (nSPS) is 12.5. The number of alkyl carbamates (subject to hydrolysis) is 1. The summed E-state index contributed by atoms with van der Waals surface area (Å²) in [6.45, 7) is 4.80. The molecule has 0 fully saturated rings. The first-order valence-corrected chi connectivity index (χ1v) is 12.0. The number of ether oxygens (including phenoxy) is 2. The Morgan fingerprint density at radius 3 is 2.29 bits per heavy atom. The lowest BCUT2D eigenvalue weighted by atomic mass is 10.0. The van der Waals surface area contributed by atoms with E-state index in [1.807, 2.05) is 6.26 Å². The average molecular weight is 492 g/mol. The Balaban J connectivity index is 3.23. The minimum atomic E-state index is -1.08. The molecule has 0 saturated carbocycles. The van der Waals surface area contributed by atoms with E-state index < -0.39 is 41.6 Å². The van der Waals surface area contributed by atoms with Crippen molar-refractivity contribution in [3.05, 3.63) is 35.4 Å². The van der Waals surface area contributed by atoms with Crippen molar-refractivity contribution in [1.82, 2.24) is 15.5 Å². The van der Waals surface area contributed by atoms with Crippen LogP contribution >= 0.6 is 11.8 Å². The second-order valence-electron chi connectivity index (χ2n) is 8.39. The Morgan fingerprint density at radius 1 is 1.18 bits per heavy atom. The van der Waals surface area contributed by atoms with Crippen molar-refractivity contribution < 1.29 is 28.7 Å². The Hall–Kier alpha value is -3.19. The van der Waals surface area contributed by atoms with Gasteiger partial charge in [0.2, 0.25) is 11.8 Å².